The van der Waals surface area contributed by atoms with Gasteiger partial charge in [0.1, 0.15) is 11.4 Å². The lowest BCUT2D eigenvalue weighted by molar-refractivity contribution is -0.151. The molecule has 0 aromatic rings. The maximum absolute atomic E-state index is 12.0. The lowest BCUT2D eigenvalue weighted by atomic mass is 10.0. The van der Waals surface area contributed by atoms with Crippen LogP contribution in [0.3, 0.4) is 0 Å². The van der Waals surface area contributed by atoms with Gasteiger partial charge in [0.25, 0.3) is 0 Å². The fourth-order valence-electron chi connectivity index (χ4n) is 1.70. The van der Waals surface area contributed by atoms with Crippen LogP contribution in [0, 0.1) is 5.92 Å². The van der Waals surface area contributed by atoms with E-state index in [0.29, 0.717) is 0 Å². The van der Waals surface area contributed by atoms with E-state index >= 15 is 0 Å². The highest BCUT2D eigenvalue weighted by molar-refractivity contribution is 7.92. The Morgan fingerprint density at radius 2 is 1.84 bits per heavy atom. The topological polar surface area (TPSA) is 72.5 Å². The highest BCUT2D eigenvalue weighted by atomic mass is 32.2. The molecule has 0 saturated carbocycles. The SMILES string of the molecule is CCC(C)C(CS(=O)(=O)CC(=O)OC(C)(C)C)NC. The molecule has 114 valence electrons. The molecule has 0 amide bonds. The predicted octanol–water partition coefficient (Wildman–Crippen LogP) is 1.38. The Kier molecular flexibility index (Phi) is 7.00. The fraction of sp³-hybridized carbons (Fsp3) is 0.923. The van der Waals surface area contributed by atoms with Crippen LogP contribution in [0.1, 0.15) is 41.0 Å². The molecule has 0 aliphatic carbocycles. The Balaban J connectivity index is 4.59. The van der Waals surface area contributed by atoms with Gasteiger partial charge in [-0.05, 0) is 33.7 Å². The zero-order chi connectivity index (χ0) is 15.3. The summed E-state index contributed by atoms with van der Waals surface area (Å²) < 4.78 is 29.0. The molecule has 0 aliphatic rings. The van der Waals surface area contributed by atoms with E-state index in [0.717, 1.165) is 6.42 Å². The molecular weight excluding hydrogens is 266 g/mol. The molecule has 0 rings (SSSR count). The number of hydrogen-bond acceptors (Lipinski definition) is 5. The van der Waals surface area contributed by atoms with Gasteiger partial charge >= 0.3 is 5.97 Å². The molecule has 0 saturated heterocycles. The number of esters is 1. The van der Waals surface area contributed by atoms with E-state index < -0.39 is 27.2 Å². The molecule has 2 unspecified atom stereocenters. The minimum Gasteiger partial charge on any atom is -0.459 e. The smallest absolute Gasteiger partial charge is 0.321 e. The fourth-order valence-corrected chi connectivity index (χ4v) is 3.28. The number of ether oxygens (including phenoxy) is 1. The first-order chi connectivity index (χ1) is 8.50. The van der Waals surface area contributed by atoms with E-state index in [4.69, 9.17) is 4.74 Å². The molecule has 0 spiro atoms. The van der Waals surface area contributed by atoms with Gasteiger partial charge < -0.3 is 10.1 Å². The summed E-state index contributed by atoms with van der Waals surface area (Å²) in [4.78, 5) is 11.6. The Morgan fingerprint density at radius 3 is 2.21 bits per heavy atom. The molecule has 0 aliphatic heterocycles. The molecule has 0 heterocycles. The first-order valence-electron chi connectivity index (χ1n) is 6.60. The van der Waals surface area contributed by atoms with E-state index in [9.17, 15) is 13.2 Å². The number of hydrogen-bond donors (Lipinski definition) is 1. The highest BCUT2D eigenvalue weighted by Gasteiger charge is 2.27. The van der Waals surface area contributed by atoms with Crippen LogP contribution in [0.4, 0.5) is 0 Å². The van der Waals surface area contributed by atoms with Crippen molar-refractivity contribution < 1.29 is 17.9 Å². The molecule has 0 radical (unpaired) electrons. The molecule has 0 aromatic carbocycles. The third-order valence-corrected chi connectivity index (χ3v) is 4.44. The average Bonchev–Trinajstić information content (AvgIpc) is 2.21. The summed E-state index contributed by atoms with van der Waals surface area (Å²) in [6.07, 6.45) is 0.882. The van der Waals surface area contributed by atoms with Crippen molar-refractivity contribution in [3.8, 4) is 0 Å². The van der Waals surface area contributed by atoms with Crippen LogP contribution in [0.2, 0.25) is 0 Å². The standard InChI is InChI=1S/C13H27NO4S/c1-7-10(2)11(14-6)8-19(16,17)9-12(15)18-13(3,4)5/h10-11,14H,7-9H2,1-6H3. The second-order valence-corrected chi connectivity index (χ2v) is 8.03. The summed E-state index contributed by atoms with van der Waals surface area (Å²) in [7, 11) is -1.72. The first-order valence-corrected chi connectivity index (χ1v) is 8.42. The van der Waals surface area contributed by atoms with E-state index in [2.05, 4.69) is 5.32 Å². The van der Waals surface area contributed by atoms with Gasteiger partial charge in [-0.25, -0.2) is 8.42 Å². The molecular formula is C13H27NO4S. The number of sulfone groups is 1. The highest BCUT2D eigenvalue weighted by Crippen LogP contribution is 2.12. The Bertz CT molecular complexity index is 384. The first kappa shape index (κ1) is 18.4. The van der Waals surface area contributed by atoms with Gasteiger partial charge in [0.2, 0.25) is 0 Å². The van der Waals surface area contributed by atoms with Crippen molar-refractivity contribution in [3.05, 3.63) is 0 Å². The van der Waals surface area contributed by atoms with Crippen LogP contribution in [0.25, 0.3) is 0 Å². The van der Waals surface area contributed by atoms with Crippen molar-refractivity contribution in [3.63, 3.8) is 0 Å². The molecule has 6 heteroatoms. The van der Waals surface area contributed by atoms with Crippen LogP contribution < -0.4 is 5.32 Å². The normalized spacial score (nSPS) is 15.9. The number of rotatable bonds is 7. The quantitative estimate of drug-likeness (QED) is 0.718. The molecule has 5 nitrogen and oxygen atoms in total. The summed E-state index contributed by atoms with van der Waals surface area (Å²) in [6.45, 7) is 9.15. The van der Waals surface area contributed by atoms with Crippen LogP contribution in [0.5, 0.6) is 0 Å². The third-order valence-electron chi connectivity index (χ3n) is 2.89. The van der Waals surface area contributed by atoms with Crippen molar-refractivity contribution in [1.29, 1.82) is 0 Å². The summed E-state index contributed by atoms with van der Waals surface area (Å²) in [5.41, 5.74) is -0.661. The molecule has 19 heavy (non-hydrogen) atoms. The predicted molar refractivity (Wildman–Crippen MR) is 76.8 cm³/mol. The minimum atomic E-state index is -3.46. The number of carbonyl (C=O) groups is 1. The minimum absolute atomic E-state index is 0.0439. The van der Waals surface area contributed by atoms with Gasteiger partial charge in [0, 0.05) is 6.04 Å². The van der Waals surface area contributed by atoms with Gasteiger partial charge in [0.05, 0.1) is 5.75 Å². The van der Waals surface area contributed by atoms with E-state index in [1.165, 1.54) is 0 Å². The largest absolute Gasteiger partial charge is 0.459 e. The van der Waals surface area contributed by atoms with Crippen molar-refractivity contribution in [1.82, 2.24) is 5.32 Å². The van der Waals surface area contributed by atoms with Gasteiger partial charge in [-0.15, -0.1) is 0 Å². The zero-order valence-electron chi connectivity index (χ0n) is 12.8. The van der Waals surface area contributed by atoms with Gasteiger partial charge in [0.15, 0.2) is 9.84 Å². The molecule has 2 atom stereocenters. The summed E-state index contributed by atoms with van der Waals surface area (Å²) >= 11 is 0. The zero-order valence-corrected chi connectivity index (χ0v) is 13.6. The lowest BCUT2D eigenvalue weighted by Crippen LogP contribution is -2.40. The number of nitrogens with one attached hydrogen (secondary N) is 1. The summed E-state index contributed by atoms with van der Waals surface area (Å²) in [5, 5.41) is 3.00. The van der Waals surface area contributed by atoms with Gasteiger partial charge in [-0.3, -0.25) is 4.79 Å². The molecule has 0 fully saturated rings. The number of carbonyl (C=O) groups excluding carboxylic acids is 1. The van der Waals surface area contributed by atoms with Crippen molar-refractivity contribution in [2.75, 3.05) is 18.6 Å². The van der Waals surface area contributed by atoms with Crippen LogP contribution in [0.15, 0.2) is 0 Å². The van der Waals surface area contributed by atoms with Crippen molar-refractivity contribution in [2.24, 2.45) is 5.92 Å². The second kappa shape index (κ2) is 7.24. The third kappa shape index (κ3) is 8.21. The maximum atomic E-state index is 12.0. The van der Waals surface area contributed by atoms with Gasteiger partial charge in [-0.1, -0.05) is 20.3 Å². The second-order valence-electron chi connectivity index (χ2n) is 5.92. The Morgan fingerprint density at radius 1 is 1.32 bits per heavy atom. The van der Waals surface area contributed by atoms with Crippen LogP contribution in [-0.2, 0) is 19.4 Å². The molecule has 1 N–H and O–H groups in total. The van der Waals surface area contributed by atoms with Crippen LogP contribution in [-0.4, -0.2) is 44.6 Å². The van der Waals surface area contributed by atoms with E-state index in [1.807, 2.05) is 13.8 Å². The van der Waals surface area contributed by atoms with E-state index in [1.54, 1.807) is 27.8 Å². The van der Waals surface area contributed by atoms with Crippen molar-refractivity contribution in [2.45, 2.75) is 52.7 Å². The maximum Gasteiger partial charge on any atom is 0.321 e. The molecule has 0 aromatic heterocycles. The van der Waals surface area contributed by atoms with Gasteiger partial charge in [-0.2, -0.15) is 0 Å². The van der Waals surface area contributed by atoms with Crippen LogP contribution >= 0.6 is 0 Å². The Labute approximate surface area is 117 Å². The van der Waals surface area contributed by atoms with E-state index in [-0.39, 0.29) is 17.7 Å². The Hall–Kier alpha value is -0.620. The monoisotopic (exact) mass is 293 g/mol. The molecule has 0 bridgehead atoms. The average molecular weight is 293 g/mol. The van der Waals surface area contributed by atoms with Crippen molar-refractivity contribution >= 4 is 15.8 Å². The summed E-state index contributed by atoms with van der Waals surface area (Å²) in [5.74, 6) is -1.05. The lowest BCUT2D eigenvalue weighted by Gasteiger charge is -2.23. The summed E-state index contributed by atoms with van der Waals surface area (Å²) in [6, 6.07) is -0.141.